The van der Waals surface area contributed by atoms with Crippen LogP contribution in [0.3, 0.4) is 0 Å². The van der Waals surface area contributed by atoms with E-state index in [0.717, 1.165) is 22.9 Å². The molecular formula is C23H21N3O3S. The standard InChI is InChI=1S/C23H21N3O3S/c1-2-29-23(28)20-19(15-9-5-3-6-10-15)17(13-24)22(30-14-18(25)27)26-21(20)16-11-7-4-8-12-16/h3-12,19,26H,2,14H2,1H3,(H2,25,27)/t19-/m1/s1. The van der Waals surface area contributed by atoms with Gasteiger partial charge in [0.25, 0.3) is 0 Å². The monoisotopic (exact) mass is 419 g/mol. The summed E-state index contributed by atoms with van der Waals surface area (Å²) in [5.41, 5.74) is 8.13. The van der Waals surface area contributed by atoms with Crippen LogP contribution < -0.4 is 11.1 Å². The predicted molar refractivity (Wildman–Crippen MR) is 117 cm³/mol. The quantitative estimate of drug-likeness (QED) is 0.667. The Balaban J connectivity index is 2.25. The van der Waals surface area contributed by atoms with Crippen molar-refractivity contribution in [1.82, 2.24) is 5.32 Å². The number of nitrogens with two attached hydrogens (primary N) is 1. The van der Waals surface area contributed by atoms with Gasteiger partial charge in [0.15, 0.2) is 0 Å². The molecule has 0 aromatic heterocycles. The average Bonchev–Trinajstić information content (AvgIpc) is 2.77. The summed E-state index contributed by atoms with van der Waals surface area (Å²) >= 11 is 1.15. The van der Waals surface area contributed by atoms with Crippen LogP contribution in [-0.2, 0) is 14.3 Å². The lowest BCUT2D eigenvalue weighted by Crippen LogP contribution is -2.29. The third-order valence-corrected chi connectivity index (χ3v) is 5.54. The third-order valence-electron chi connectivity index (χ3n) is 4.50. The number of thioether (sulfide) groups is 1. The Morgan fingerprint density at radius 2 is 1.77 bits per heavy atom. The molecule has 7 heteroatoms. The van der Waals surface area contributed by atoms with Crippen molar-refractivity contribution < 1.29 is 14.3 Å². The van der Waals surface area contributed by atoms with Crippen molar-refractivity contribution in [1.29, 1.82) is 5.26 Å². The van der Waals surface area contributed by atoms with E-state index in [9.17, 15) is 14.9 Å². The number of esters is 1. The molecule has 1 aliphatic heterocycles. The molecular weight excluding hydrogens is 398 g/mol. The van der Waals surface area contributed by atoms with E-state index < -0.39 is 17.8 Å². The highest BCUT2D eigenvalue weighted by molar-refractivity contribution is 8.03. The number of carbonyl (C=O) groups is 2. The molecule has 3 N–H and O–H groups in total. The maximum absolute atomic E-state index is 13.1. The smallest absolute Gasteiger partial charge is 0.337 e. The molecule has 0 radical (unpaired) electrons. The number of dihydropyridines is 1. The number of rotatable bonds is 7. The molecule has 2 aromatic carbocycles. The minimum Gasteiger partial charge on any atom is -0.463 e. The van der Waals surface area contributed by atoms with Crippen molar-refractivity contribution in [3.8, 4) is 6.07 Å². The second kappa shape index (κ2) is 9.81. The first kappa shape index (κ1) is 21.2. The van der Waals surface area contributed by atoms with Gasteiger partial charge >= 0.3 is 5.97 Å². The van der Waals surface area contributed by atoms with Gasteiger partial charge in [-0.2, -0.15) is 5.26 Å². The van der Waals surface area contributed by atoms with Crippen molar-refractivity contribution in [3.05, 3.63) is 88.0 Å². The minimum atomic E-state index is -0.637. The van der Waals surface area contributed by atoms with E-state index in [1.54, 1.807) is 6.92 Å². The Labute approximate surface area is 179 Å². The Morgan fingerprint density at radius 3 is 2.33 bits per heavy atom. The highest BCUT2D eigenvalue weighted by Gasteiger charge is 2.37. The number of benzene rings is 2. The summed E-state index contributed by atoms with van der Waals surface area (Å²) in [6, 6.07) is 20.9. The van der Waals surface area contributed by atoms with E-state index in [-0.39, 0.29) is 12.4 Å². The molecule has 1 aliphatic rings. The first-order valence-electron chi connectivity index (χ1n) is 9.40. The van der Waals surface area contributed by atoms with Crippen molar-refractivity contribution in [2.75, 3.05) is 12.4 Å². The van der Waals surface area contributed by atoms with E-state index in [0.29, 0.717) is 21.9 Å². The number of nitrogens with one attached hydrogen (secondary N) is 1. The highest BCUT2D eigenvalue weighted by atomic mass is 32.2. The summed E-state index contributed by atoms with van der Waals surface area (Å²) in [5.74, 6) is -1.62. The number of carbonyl (C=O) groups excluding carboxylic acids is 2. The molecule has 0 saturated heterocycles. The maximum Gasteiger partial charge on any atom is 0.337 e. The summed E-state index contributed by atoms with van der Waals surface area (Å²) in [6.07, 6.45) is 0. The summed E-state index contributed by atoms with van der Waals surface area (Å²) in [5, 5.41) is 13.7. The lowest BCUT2D eigenvalue weighted by molar-refractivity contribution is -0.138. The van der Waals surface area contributed by atoms with Crippen LogP contribution in [0.5, 0.6) is 0 Å². The molecule has 0 unspecified atom stereocenters. The van der Waals surface area contributed by atoms with Crippen LogP contribution in [0.2, 0.25) is 0 Å². The largest absolute Gasteiger partial charge is 0.463 e. The number of nitriles is 1. The molecule has 0 bridgehead atoms. The van der Waals surface area contributed by atoms with Gasteiger partial charge in [-0.15, -0.1) is 0 Å². The molecule has 6 nitrogen and oxygen atoms in total. The van der Waals surface area contributed by atoms with Gasteiger partial charge in [0, 0.05) is 0 Å². The first-order valence-corrected chi connectivity index (χ1v) is 10.4. The highest BCUT2D eigenvalue weighted by Crippen LogP contribution is 2.43. The van der Waals surface area contributed by atoms with Crippen LogP contribution in [-0.4, -0.2) is 24.2 Å². The van der Waals surface area contributed by atoms with Crippen LogP contribution in [0.25, 0.3) is 5.70 Å². The maximum atomic E-state index is 13.1. The normalized spacial score (nSPS) is 15.9. The van der Waals surface area contributed by atoms with Crippen LogP contribution in [0.4, 0.5) is 0 Å². The SMILES string of the molecule is CCOC(=O)C1=C(c2ccccc2)NC(SCC(N)=O)=C(C#N)[C@H]1c1ccccc1. The van der Waals surface area contributed by atoms with Gasteiger partial charge in [-0.05, 0) is 18.1 Å². The van der Waals surface area contributed by atoms with Gasteiger partial charge in [-0.1, -0.05) is 72.4 Å². The Hall–Kier alpha value is -3.50. The number of ether oxygens (including phenoxy) is 1. The molecule has 0 spiro atoms. The molecule has 152 valence electrons. The second-order valence-electron chi connectivity index (χ2n) is 6.45. The fraction of sp³-hybridized carbons (Fsp3) is 0.174. The fourth-order valence-electron chi connectivity index (χ4n) is 3.28. The number of primary amides is 1. The average molecular weight is 420 g/mol. The van der Waals surface area contributed by atoms with Crippen LogP contribution in [0.15, 0.2) is 76.8 Å². The molecule has 1 atom stereocenters. The van der Waals surface area contributed by atoms with Gasteiger partial charge in [0.1, 0.15) is 0 Å². The van der Waals surface area contributed by atoms with Gasteiger partial charge in [0.2, 0.25) is 5.91 Å². The summed E-state index contributed by atoms with van der Waals surface area (Å²) in [7, 11) is 0. The number of amides is 1. The molecule has 30 heavy (non-hydrogen) atoms. The van der Waals surface area contributed by atoms with E-state index in [2.05, 4.69) is 11.4 Å². The van der Waals surface area contributed by atoms with Gasteiger partial charge < -0.3 is 15.8 Å². The topological polar surface area (TPSA) is 105 Å². The van der Waals surface area contributed by atoms with E-state index in [1.165, 1.54) is 0 Å². The molecule has 1 amide bonds. The zero-order valence-corrected chi connectivity index (χ0v) is 17.2. The van der Waals surface area contributed by atoms with Gasteiger partial charge in [0.05, 0.1) is 46.2 Å². The second-order valence-corrected chi connectivity index (χ2v) is 7.44. The minimum absolute atomic E-state index is 0.00579. The van der Waals surface area contributed by atoms with Crippen molar-refractivity contribution in [2.45, 2.75) is 12.8 Å². The fourth-order valence-corrected chi connectivity index (χ4v) is 4.06. The lowest BCUT2D eigenvalue weighted by Gasteiger charge is -2.30. The zero-order chi connectivity index (χ0) is 21.5. The molecule has 3 rings (SSSR count). The van der Waals surface area contributed by atoms with Crippen LogP contribution in [0, 0.1) is 11.3 Å². The summed E-state index contributed by atoms with van der Waals surface area (Å²) in [6.45, 7) is 1.95. The predicted octanol–water partition coefficient (Wildman–Crippen LogP) is 3.30. The number of hydrogen-bond donors (Lipinski definition) is 2. The van der Waals surface area contributed by atoms with Gasteiger partial charge in [-0.25, -0.2) is 4.79 Å². The summed E-state index contributed by atoms with van der Waals surface area (Å²) < 4.78 is 5.36. The first-order chi connectivity index (χ1) is 14.6. The van der Waals surface area contributed by atoms with Crippen LogP contribution in [0.1, 0.15) is 24.0 Å². The number of nitrogens with zero attached hydrogens (tertiary/aromatic N) is 1. The lowest BCUT2D eigenvalue weighted by atomic mass is 9.81. The van der Waals surface area contributed by atoms with Crippen molar-refractivity contribution >= 4 is 29.3 Å². The van der Waals surface area contributed by atoms with E-state index in [1.807, 2.05) is 60.7 Å². The summed E-state index contributed by atoms with van der Waals surface area (Å²) in [4.78, 5) is 24.4. The van der Waals surface area contributed by atoms with Crippen LogP contribution >= 0.6 is 11.8 Å². The molecule has 0 saturated carbocycles. The molecule has 0 aliphatic carbocycles. The van der Waals surface area contributed by atoms with Gasteiger partial charge in [-0.3, -0.25) is 4.79 Å². The molecule has 2 aromatic rings. The Morgan fingerprint density at radius 1 is 1.13 bits per heavy atom. The zero-order valence-electron chi connectivity index (χ0n) is 16.4. The van der Waals surface area contributed by atoms with E-state index in [4.69, 9.17) is 10.5 Å². The Kier molecular flexibility index (Phi) is 6.94. The molecule has 1 heterocycles. The number of hydrogen-bond acceptors (Lipinski definition) is 6. The molecule has 0 fully saturated rings. The Bertz CT molecular complexity index is 1040. The van der Waals surface area contributed by atoms with E-state index >= 15 is 0 Å². The third kappa shape index (κ3) is 4.56. The number of allylic oxidation sites excluding steroid dienone is 1. The van der Waals surface area contributed by atoms with Crippen molar-refractivity contribution in [3.63, 3.8) is 0 Å². The van der Waals surface area contributed by atoms with Crippen molar-refractivity contribution in [2.24, 2.45) is 5.73 Å².